The van der Waals surface area contributed by atoms with Crippen molar-refractivity contribution in [3.8, 4) is 0 Å². The average Bonchev–Trinajstić information content (AvgIpc) is 3.19. The lowest BCUT2D eigenvalue weighted by molar-refractivity contribution is -0.192. The van der Waals surface area contributed by atoms with E-state index in [1.807, 2.05) is 31.2 Å². The number of ether oxygens (including phenoxy) is 3. The third kappa shape index (κ3) is 4.74. The molecular formula is C19H22ClN3O4. The van der Waals surface area contributed by atoms with Crippen molar-refractivity contribution in [2.75, 3.05) is 20.0 Å². The molecule has 0 amide bonds. The zero-order chi connectivity index (χ0) is 19.3. The van der Waals surface area contributed by atoms with Crippen LogP contribution in [0.2, 0.25) is 5.02 Å². The smallest absolute Gasteiger partial charge is 0.306 e. The number of hydrogen-bond donors (Lipinski definition) is 0. The lowest BCUT2D eigenvalue weighted by Crippen LogP contribution is -2.47. The van der Waals surface area contributed by atoms with Crippen molar-refractivity contribution in [1.82, 2.24) is 14.8 Å². The molecule has 1 atom stereocenters. The van der Waals surface area contributed by atoms with Crippen molar-refractivity contribution in [2.45, 2.75) is 26.4 Å². The topological polar surface area (TPSA) is 75.5 Å². The van der Waals surface area contributed by atoms with Crippen molar-refractivity contribution < 1.29 is 19.0 Å². The molecule has 8 heteroatoms. The van der Waals surface area contributed by atoms with Crippen LogP contribution in [0.5, 0.6) is 0 Å². The maximum atomic E-state index is 12.2. The number of carbonyl (C=O) groups excluding carboxylic acids is 1. The molecule has 1 aromatic heterocycles. The summed E-state index contributed by atoms with van der Waals surface area (Å²) in [6.45, 7) is 4.71. The molecule has 0 aliphatic carbocycles. The summed E-state index contributed by atoms with van der Waals surface area (Å²) >= 11 is 6.13. The van der Waals surface area contributed by atoms with Gasteiger partial charge in [-0.3, -0.25) is 4.79 Å². The molecule has 0 spiro atoms. The Morgan fingerprint density at radius 3 is 2.85 bits per heavy atom. The minimum Gasteiger partial charge on any atom is -0.455 e. The van der Waals surface area contributed by atoms with Gasteiger partial charge in [0.1, 0.15) is 19.4 Å². The standard InChI is InChI=1S/C19H22ClN3O4/c1-3-17(24)27-18(19(2)9-25-13-26-10-19)16(23-12-21-11-22-23)8-14-5-4-6-15(20)7-14/h4-8,11-12,18H,3,9-10,13H2,1-2H3/b16-8-. The molecule has 0 bridgehead atoms. The SMILES string of the molecule is CCC(=O)OC(/C(=C/c1cccc(Cl)c1)n1cncn1)C1(C)COCOC1. The van der Waals surface area contributed by atoms with Crippen LogP contribution in [0.1, 0.15) is 25.8 Å². The first-order valence-corrected chi connectivity index (χ1v) is 9.07. The van der Waals surface area contributed by atoms with Gasteiger partial charge in [0, 0.05) is 11.4 Å². The number of aromatic nitrogens is 3. The van der Waals surface area contributed by atoms with Gasteiger partial charge in [0.25, 0.3) is 0 Å². The minimum atomic E-state index is -0.647. The van der Waals surface area contributed by atoms with Crippen LogP contribution in [0.3, 0.4) is 0 Å². The van der Waals surface area contributed by atoms with Crippen molar-refractivity contribution in [3.05, 3.63) is 47.5 Å². The minimum absolute atomic E-state index is 0.223. The highest BCUT2D eigenvalue weighted by Gasteiger charge is 2.43. The van der Waals surface area contributed by atoms with Gasteiger partial charge >= 0.3 is 5.97 Å². The van der Waals surface area contributed by atoms with Gasteiger partial charge in [-0.2, -0.15) is 5.10 Å². The zero-order valence-corrected chi connectivity index (χ0v) is 16.1. The van der Waals surface area contributed by atoms with E-state index in [1.165, 1.54) is 6.33 Å². The van der Waals surface area contributed by atoms with E-state index < -0.39 is 11.5 Å². The quantitative estimate of drug-likeness (QED) is 0.703. The van der Waals surface area contributed by atoms with Crippen molar-refractivity contribution in [2.24, 2.45) is 5.41 Å². The van der Waals surface area contributed by atoms with E-state index in [0.717, 1.165) is 5.56 Å². The molecule has 2 heterocycles. The number of carbonyl (C=O) groups is 1. The lowest BCUT2D eigenvalue weighted by Gasteiger charge is -2.40. The molecule has 1 unspecified atom stereocenters. The Morgan fingerprint density at radius 2 is 2.22 bits per heavy atom. The Labute approximate surface area is 162 Å². The number of esters is 1. The van der Waals surface area contributed by atoms with Crippen LogP contribution in [0.15, 0.2) is 36.9 Å². The fourth-order valence-corrected chi connectivity index (χ4v) is 3.15. The summed E-state index contributed by atoms with van der Waals surface area (Å²) in [6.07, 6.45) is 4.49. The second kappa shape index (κ2) is 8.65. The molecule has 1 aromatic carbocycles. The summed E-state index contributed by atoms with van der Waals surface area (Å²) in [5.74, 6) is -0.316. The second-order valence-electron chi connectivity index (χ2n) is 6.66. The molecule has 27 heavy (non-hydrogen) atoms. The van der Waals surface area contributed by atoms with Gasteiger partial charge in [0.15, 0.2) is 6.10 Å². The molecular weight excluding hydrogens is 370 g/mol. The molecule has 2 aromatic rings. The number of rotatable bonds is 6. The predicted octanol–water partition coefficient (Wildman–Crippen LogP) is 3.26. The Morgan fingerprint density at radius 1 is 1.44 bits per heavy atom. The summed E-state index contributed by atoms with van der Waals surface area (Å²) in [5, 5.41) is 4.86. The van der Waals surface area contributed by atoms with E-state index in [4.69, 9.17) is 25.8 Å². The number of benzene rings is 1. The van der Waals surface area contributed by atoms with Gasteiger partial charge in [0.2, 0.25) is 0 Å². The summed E-state index contributed by atoms with van der Waals surface area (Å²) in [4.78, 5) is 16.2. The van der Waals surface area contributed by atoms with Gasteiger partial charge in [0.05, 0.1) is 24.3 Å². The third-order valence-corrected chi connectivity index (χ3v) is 4.55. The maximum absolute atomic E-state index is 12.2. The van der Waals surface area contributed by atoms with E-state index in [9.17, 15) is 4.79 Å². The predicted molar refractivity (Wildman–Crippen MR) is 101 cm³/mol. The molecule has 0 saturated carbocycles. The molecule has 1 aliphatic rings. The van der Waals surface area contributed by atoms with E-state index in [1.54, 1.807) is 24.0 Å². The zero-order valence-electron chi connectivity index (χ0n) is 15.3. The highest BCUT2D eigenvalue weighted by molar-refractivity contribution is 6.30. The first kappa shape index (κ1) is 19.5. The van der Waals surface area contributed by atoms with Crippen molar-refractivity contribution in [1.29, 1.82) is 0 Å². The molecule has 0 N–H and O–H groups in total. The molecule has 7 nitrogen and oxygen atoms in total. The van der Waals surface area contributed by atoms with Gasteiger partial charge < -0.3 is 14.2 Å². The lowest BCUT2D eigenvalue weighted by atomic mass is 9.83. The van der Waals surface area contributed by atoms with Crippen LogP contribution in [0.25, 0.3) is 11.8 Å². The van der Waals surface area contributed by atoms with Gasteiger partial charge in [-0.25, -0.2) is 9.67 Å². The van der Waals surface area contributed by atoms with E-state index in [0.29, 0.717) is 23.9 Å². The second-order valence-corrected chi connectivity index (χ2v) is 7.09. The average molecular weight is 392 g/mol. The normalized spacial score (nSPS) is 18.1. The van der Waals surface area contributed by atoms with Gasteiger partial charge in [-0.15, -0.1) is 0 Å². The van der Waals surface area contributed by atoms with Gasteiger partial charge in [-0.05, 0) is 23.8 Å². The third-order valence-electron chi connectivity index (χ3n) is 4.32. The summed E-state index contributed by atoms with van der Waals surface area (Å²) in [7, 11) is 0. The van der Waals surface area contributed by atoms with Crippen molar-refractivity contribution >= 4 is 29.3 Å². The Balaban J connectivity index is 2.08. The van der Waals surface area contributed by atoms with Gasteiger partial charge in [-0.1, -0.05) is 37.6 Å². The van der Waals surface area contributed by atoms with Crippen LogP contribution in [0.4, 0.5) is 0 Å². The fraction of sp³-hybridized carbons (Fsp3) is 0.421. The first-order valence-electron chi connectivity index (χ1n) is 8.69. The summed E-state index contributed by atoms with van der Waals surface area (Å²) in [5.41, 5.74) is 0.916. The van der Waals surface area contributed by atoms with Crippen molar-refractivity contribution in [3.63, 3.8) is 0 Å². The van der Waals surface area contributed by atoms with Crippen LogP contribution < -0.4 is 0 Å². The molecule has 1 aliphatic heterocycles. The maximum Gasteiger partial charge on any atom is 0.306 e. The Bertz CT molecular complexity index is 801. The summed E-state index contributed by atoms with van der Waals surface area (Å²) < 4.78 is 18.5. The van der Waals surface area contributed by atoms with Crippen LogP contribution in [-0.2, 0) is 19.0 Å². The molecule has 1 fully saturated rings. The number of nitrogens with zero attached hydrogens (tertiary/aromatic N) is 3. The Hall–Kier alpha value is -2.22. The highest BCUT2D eigenvalue weighted by Crippen LogP contribution is 2.35. The van der Waals surface area contributed by atoms with Crippen LogP contribution in [-0.4, -0.2) is 46.8 Å². The highest BCUT2D eigenvalue weighted by atomic mass is 35.5. The number of halogens is 1. The van der Waals surface area contributed by atoms with E-state index in [-0.39, 0.29) is 19.2 Å². The van der Waals surface area contributed by atoms with E-state index in [2.05, 4.69) is 10.1 Å². The molecule has 1 saturated heterocycles. The fourth-order valence-electron chi connectivity index (χ4n) is 2.95. The monoisotopic (exact) mass is 391 g/mol. The van der Waals surface area contributed by atoms with E-state index >= 15 is 0 Å². The first-order chi connectivity index (χ1) is 13.0. The molecule has 3 rings (SSSR count). The molecule has 144 valence electrons. The number of hydrogen-bond acceptors (Lipinski definition) is 6. The summed E-state index contributed by atoms with van der Waals surface area (Å²) in [6, 6.07) is 7.40. The largest absolute Gasteiger partial charge is 0.455 e. The van der Waals surface area contributed by atoms with Crippen LogP contribution in [0, 0.1) is 5.41 Å². The molecule has 0 radical (unpaired) electrons. The Kier molecular flexibility index (Phi) is 6.26. The van der Waals surface area contributed by atoms with Crippen LogP contribution >= 0.6 is 11.6 Å².